The van der Waals surface area contributed by atoms with Gasteiger partial charge in [0.05, 0.1) is 17.2 Å². The van der Waals surface area contributed by atoms with Gasteiger partial charge in [-0.2, -0.15) is 0 Å². The van der Waals surface area contributed by atoms with Crippen LogP contribution in [0.3, 0.4) is 0 Å². The van der Waals surface area contributed by atoms with Gasteiger partial charge in [-0.15, -0.1) is 0 Å². The third-order valence-electron chi connectivity index (χ3n) is 6.79. The van der Waals surface area contributed by atoms with Crippen LogP contribution in [-0.2, 0) is 4.79 Å². The van der Waals surface area contributed by atoms with Crippen molar-refractivity contribution in [3.8, 4) is 0 Å². The number of nitrogens with zero attached hydrogens (tertiary/aromatic N) is 3. The molecule has 5 rings (SSSR count). The average molecular weight is 396 g/mol. The van der Waals surface area contributed by atoms with Gasteiger partial charge in [0.15, 0.2) is 0 Å². The summed E-state index contributed by atoms with van der Waals surface area (Å²) in [5.74, 6) is 0.209. The van der Waals surface area contributed by atoms with Crippen LogP contribution in [0.15, 0.2) is 18.2 Å². The van der Waals surface area contributed by atoms with E-state index in [2.05, 4.69) is 15.1 Å². The number of anilines is 1. The molecule has 3 fully saturated rings. The van der Waals surface area contributed by atoms with E-state index >= 15 is 0 Å². The quantitative estimate of drug-likeness (QED) is 0.781. The maximum absolute atomic E-state index is 13.0. The van der Waals surface area contributed by atoms with Gasteiger partial charge in [-0.05, 0) is 50.6 Å². The van der Waals surface area contributed by atoms with Crippen LogP contribution in [0.25, 0.3) is 0 Å². The Morgan fingerprint density at radius 3 is 2.45 bits per heavy atom. The SMILES string of the molecule is O=C1CCC(N2C(=O)c3ccc(N4CC(CN5CCCCC5)C4)cc3C2=O)CN1. The number of piperidine rings is 2. The summed E-state index contributed by atoms with van der Waals surface area (Å²) in [6, 6.07) is 5.40. The Balaban J connectivity index is 1.24. The molecule has 0 bridgehead atoms. The van der Waals surface area contributed by atoms with Crippen molar-refractivity contribution in [3.05, 3.63) is 29.3 Å². The van der Waals surface area contributed by atoms with E-state index in [0.29, 0.717) is 36.4 Å². The van der Waals surface area contributed by atoms with Gasteiger partial charge >= 0.3 is 0 Å². The molecular weight excluding hydrogens is 368 g/mol. The van der Waals surface area contributed by atoms with Crippen LogP contribution in [0.1, 0.15) is 52.8 Å². The molecule has 3 amide bonds. The summed E-state index contributed by atoms with van der Waals surface area (Å²) in [6.07, 6.45) is 4.89. The fraction of sp³-hybridized carbons (Fsp3) is 0.591. The summed E-state index contributed by atoms with van der Waals surface area (Å²) in [7, 11) is 0. The fourth-order valence-electron chi connectivity index (χ4n) is 5.12. The highest BCUT2D eigenvalue weighted by molar-refractivity contribution is 6.22. The van der Waals surface area contributed by atoms with Gasteiger partial charge in [0.25, 0.3) is 11.8 Å². The molecule has 154 valence electrons. The van der Waals surface area contributed by atoms with E-state index in [-0.39, 0.29) is 23.8 Å². The molecule has 1 unspecified atom stereocenters. The predicted octanol–water partition coefficient (Wildman–Crippen LogP) is 1.48. The lowest BCUT2D eigenvalue weighted by Gasteiger charge is -2.44. The van der Waals surface area contributed by atoms with Crippen molar-refractivity contribution in [2.24, 2.45) is 5.92 Å². The monoisotopic (exact) mass is 396 g/mol. The summed E-state index contributed by atoms with van der Waals surface area (Å²) in [5.41, 5.74) is 2.02. The maximum Gasteiger partial charge on any atom is 0.261 e. The van der Waals surface area contributed by atoms with Crippen molar-refractivity contribution < 1.29 is 14.4 Å². The van der Waals surface area contributed by atoms with Crippen LogP contribution in [0.4, 0.5) is 5.69 Å². The van der Waals surface area contributed by atoms with Crippen molar-refractivity contribution in [1.29, 1.82) is 0 Å². The van der Waals surface area contributed by atoms with Crippen LogP contribution in [0, 0.1) is 5.92 Å². The Labute approximate surface area is 171 Å². The summed E-state index contributed by atoms with van der Waals surface area (Å²) in [4.78, 5) is 43.4. The fourth-order valence-corrected chi connectivity index (χ4v) is 5.12. The number of hydrogen-bond donors (Lipinski definition) is 1. The first-order chi connectivity index (χ1) is 14.1. The highest BCUT2D eigenvalue weighted by Gasteiger charge is 2.41. The minimum Gasteiger partial charge on any atom is -0.371 e. The molecule has 4 heterocycles. The van der Waals surface area contributed by atoms with Crippen molar-refractivity contribution in [2.75, 3.05) is 44.2 Å². The standard InChI is InChI=1S/C22H28N4O3/c27-20-7-5-17(11-23-20)26-21(28)18-6-4-16(10-19(18)22(26)29)25-13-15(14-25)12-24-8-2-1-3-9-24/h4,6,10,15,17H,1-3,5,7-9,11-14H2,(H,23,27). The van der Waals surface area contributed by atoms with Crippen molar-refractivity contribution >= 4 is 23.4 Å². The van der Waals surface area contributed by atoms with Crippen LogP contribution in [0.2, 0.25) is 0 Å². The average Bonchev–Trinajstić information content (AvgIpc) is 2.96. The molecule has 7 heteroatoms. The normalized spacial score (nSPS) is 25.8. The number of nitrogens with one attached hydrogen (secondary N) is 1. The summed E-state index contributed by atoms with van der Waals surface area (Å²) in [6.45, 7) is 5.99. The van der Waals surface area contributed by atoms with E-state index in [1.807, 2.05) is 12.1 Å². The van der Waals surface area contributed by atoms with E-state index < -0.39 is 0 Å². The van der Waals surface area contributed by atoms with E-state index in [1.165, 1.54) is 43.8 Å². The second-order valence-electron chi connectivity index (χ2n) is 8.84. The molecule has 0 radical (unpaired) electrons. The molecule has 29 heavy (non-hydrogen) atoms. The van der Waals surface area contributed by atoms with Gasteiger partial charge in [-0.25, -0.2) is 0 Å². The second-order valence-corrected chi connectivity index (χ2v) is 8.84. The number of rotatable bonds is 4. The van der Waals surface area contributed by atoms with Crippen LogP contribution in [0.5, 0.6) is 0 Å². The number of carbonyl (C=O) groups excluding carboxylic acids is 3. The first kappa shape index (κ1) is 18.6. The smallest absolute Gasteiger partial charge is 0.261 e. The molecular formula is C22H28N4O3. The zero-order chi connectivity index (χ0) is 20.0. The van der Waals surface area contributed by atoms with Gasteiger partial charge in [-0.3, -0.25) is 19.3 Å². The van der Waals surface area contributed by atoms with Crippen molar-refractivity contribution in [2.45, 2.75) is 38.1 Å². The third kappa shape index (κ3) is 3.41. The number of amides is 3. The number of carbonyl (C=O) groups is 3. The largest absolute Gasteiger partial charge is 0.371 e. The number of imide groups is 1. The summed E-state index contributed by atoms with van der Waals surface area (Å²) < 4.78 is 0. The van der Waals surface area contributed by atoms with Crippen LogP contribution >= 0.6 is 0 Å². The van der Waals surface area contributed by atoms with Gasteiger partial charge in [0, 0.05) is 44.2 Å². The van der Waals surface area contributed by atoms with Gasteiger partial charge in [-0.1, -0.05) is 6.42 Å². The Hall–Kier alpha value is -2.41. The first-order valence-corrected chi connectivity index (χ1v) is 10.9. The first-order valence-electron chi connectivity index (χ1n) is 10.9. The molecule has 3 saturated heterocycles. The lowest BCUT2D eigenvalue weighted by Crippen LogP contribution is -2.52. The molecule has 0 spiro atoms. The Bertz CT molecular complexity index is 832. The van der Waals surface area contributed by atoms with E-state index in [0.717, 1.165) is 18.8 Å². The van der Waals surface area contributed by atoms with E-state index in [1.54, 1.807) is 6.07 Å². The molecule has 1 aromatic rings. The number of likely N-dealkylation sites (tertiary alicyclic amines) is 1. The Morgan fingerprint density at radius 2 is 1.72 bits per heavy atom. The molecule has 0 saturated carbocycles. The highest BCUT2D eigenvalue weighted by atomic mass is 16.2. The van der Waals surface area contributed by atoms with Crippen molar-refractivity contribution in [3.63, 3.8) is 0 Å². The molecule has 1 N–H and O–H groups in total. The number of fused-ring (bicyclic) bond motifs is 1. The molecule has 4 aliphatic heterocycles. The molecule has 1 atom stereocenters. The minimum atomic E-state index is -0.249. The molecule has 4 aliphatic rings. The second kappa shape index (κ2) is 7.44. The van der Waals surface area contributed by atoms with Crippen LogP contribution < -0.4 is 10.2 Å². The van der Waals surface area contributed by atoms with Gasteiger partial charge in [0.2, 0.25) is 5.91 Å². The Kier molecular flexibility index (Phi) is 4.78. The van der Waals surface area contributed by atoms with Gasteiger partial charge in [0.1, 0.15) is 0 Å². The summed E-state index contributed by atoms with van der Waals surface area (Å²) >= 11 is 0. The topological polar surface area (TPSA) is 73.0 Å². The summed E-state index contributed by atoms with van der Waals surface area (Å²) in [5, 5.41) is 2.77. The Morgan fingerprint density at radius 1 is 0.966 bits per heavy atom. The lowest BCUT2D eigenvalue weighted by atomic mass is 9.96. The number of benzene rings is 1. The van der Waals surface area contributed by atoms with Gasteiger partial charge < -0.3 is 15.1 Å². The van der Waals surface area contributed by atoms with Crippen molar-refractivity contribution in [1.82, 2.24) is 15.1 Å². The minimum absolute atomic E-state index is 0.0166. The van der Waals surface area contributed by atoms with E-state index in [4.69, 9.17) is 0 Å². The molecule has 7 nitrogen and oxygen atoms in total. The predicted molar refractivity (Wildman–Crippen MR) is 109 cm³/mol. The maximum atomic E-state index is 13.0. The third-order valence-corrected chi connectivity index (χ3v) is 6.79. The highest BCUT2D eigenvalue weighted by Crippen LogP contribution is 2.33. The zero-order valence-corrected chi connectivity index (χ0v) is 16.7. The molecule has 0 aromatic heterocycles. The molecule has 1 aromatic carbocycles. The molecule has 0 aliphatic carbocycles. The van der Waals surface area contributed by atoms with Crippen LogP contribution in [-0.4, -0.2) is 72.8 Å². The van der Waals surface area contributed by atoms with E-state index in [9.17, 15) is 14.4 Å². The number of hydrogen-bond acceptors (Lipinski definition) is 5. The lowest BCUT2D eigenvalue weighted by molar-refractivity contribution is -0.123. The zero-order valence-electron chi connectivity index (χ0n) is 16.7.